The minimum absolute atomic E-state index is 0.0168. The molecule has 0 bridgehead atoms. The number of nitrogens with one attached hydrogen (secondary N) is 2. The van der Waals surface area contributed by atoms with E-state index in [-0.39, 0.29) is 5.91 Å². The van der Waals surface area contributed by atoms with Crippen molar-refractivity contribution in [3.8, 4) is 0 Å². The van der Waals surface area contributed by atoms with Gasteiger partial charge in [0.2, 0.25) is 0 Å². The summed E-state index contributed by atoms with van der Waals surface area (Å²) in [5.74, 6) is 0.963. The predicted molar refractivity (Wildman–Crippen MR) is 119 cm³/mol. The Labute approximate surface area is 175 Å². The summed E-state index contributed by atoms with van der Waals surface area (Å²) in [5.41, 5.74) is 2.32. The van der Waals surface area contributed by atoms with Gasteiger partial charge in [0.25, 0.3) is 5.91 Å². The molecule has 6 nitrogen and oxygen atoms in total. The lowest BCUT2D eigenvalue weighted by molar-refractivity contribution is 0.0951. The first-order chi connectivity index (χ1) is 14.0. The lowest BCUT2D eigenvalue weighted by Crippen LogP contribution is -2.41. The molecule has 6 heteroatoms. The summed E-state index contributed by atoms with van der Waals surface area (Å²) in [6, 6.07) is 7.85. The van der Waals surface area contributed by atoms with Gasteiger partial charge in [0.05, 0.1) is 0 Å². The number of guanidine groups is 1. The lowest BCUT2D eigenvalue weighted by Gasteiger charge is -2.33. The van der Waals surface area contributed by atoms with E-state index in [2.05, 4.69) is 31.5 Å². The topological polar surface area (TPSA) is 60.0 Å². The molecule has 1 amide bonds. The molecule has 1 aromatic rings. The first-order valence-electron chi connectivity index (χ1n) is 11.0. The molecule has 0 unspecified atom stereocenters. The first kappa shape index (κ1) is 21.6. The zero-order valence-corrected chi connectivity index (χ0v) is 18.3. The van der Waals surface area contributed by atoms with Gasteiger partial charge in [0.15, 0.2) is 5.96 Å². The highest BCUT2D eigenvalue weighted by molar-refractivity contribution is 5.94. The molecule has 1 saturated heterocycles. The third-order valence-corrected chi connectivity index (χ3v) is 6.35. The van der Waals surface area contributed by atoms with E-state index in [1.807, 2.05) is 39.3 Å². The van der Waals surface area contributed by atoms with Crippen molar-refractivity contribution in [1.29, 1.82) is 0 Å². The number of aliphatic imine (C=N–C) groups is 1. The zero-order chi connectivity index (χ0) is 20.7. The summed E-state index contributed by atoms with van der Waals surface area (Å²) in [6.07, 6.45) is 8.17. The monoisotopic (exact) mass is 399 g/mol. The van der Waals surface area contributed by atoms with Gasteiger partial charge in [-0.3, -0.25) is 9.79 Å². The second-order valence-corrected chi connectivity index (χ2v) is 8.89. The van der Waals surface area contributed by atoms with E-state index in [0.29, 0.717) is 24.1 Å². The SMILES string of the molecule is CN=C(NCc1cccc(C(=O)NCCN(C)C)c1)N1CCC2(CCCCC2)C1. The van der Waals surface area contributed by atoms with Gasteiger partial charge in [-0.1, -0.05) is 31.4 Å². The Morgan fingerprint density at radius 3 is 2.69 bits per heavy atom. The summed E-state index contributed by atoms with van der Waals surface area (Å²) in [5, 5.41) is 6.49. The number of hydrogen-bond donors (Lipinski definition) is 2. The minimum Gasteiger partial charge on any atom is -0.352 e. The Kier molecular flexibility index (Phi) is 7.53. The number of carbonyl (C=O) groups excluding carboxylic acids is 1. The van der Waals surface area contributed by atoms with Crippen LogP contribution in [0.3, 0.4) is 0 Å². The second-order valence-electron chi connectivity index (χ2n) is 8.89. The molecular weight excluding hydrogens is 362 g/mol. The van der Waals surface area contributed by atoms with Gasteiger partial charge in [0, 0.05) is 45.3 Å². The van der Waals surface area contributed by atoms with E-state index < -0.39 is 0 Å². The van der Waals surface area contributed by atoms with E-state index in [1.54, 1.807) is 0 Å². The van der Waals surface area contributed by atoms with E-state index in [4.69, 9.17) is 0 Å². The standard InChI is InChI=1S/C23H37N5O/c1-24-22(28-14-12-23(18-28)10-5-4-6-11-23)26-17-19-8-7-9-20(16-19)21(29)25-13-15-27(2)3/h7-9,16H,4-6,10-15,17-18H2,1-3H3,(H,24,26)(H,25,29). The summed E-state index contributed by atoms with van der Waals surface area (Å²) in [6.45, 7) is 4.38. The van der Waals surface area contributed by atoms with E-state index >= 15 is 0 Å². The van der Waals surface area contributed by atoms with Crippen molar-refractivity contribution in [2.75, 3.05) is 47.3 Å². The second kappa shape index (κ2) is 10.1. The van der Waals surface area contributed by atoms with Gasteiger partial charge in [0.1, 0.15) is 0 Å². The zero-order valence-electron chi connectivity index (χ0n) is 18.3. The number of benzene rings is 1. The highest BCUT2D eigenvalue weighted by atomic mass is 16.1. The number of hydrogen-bond acceptors (Lipinski definition) is 3. The number of likely N-dealkylation sites (N-methyl/N-ethyl adjacent to an activating group) is 1. The highest BCUT2D eigenvalue weighted by Crippen LogP contribution is 2.43. The molecule has 1 heterocycles. The van der Waals surface area contributed by atoms with Crippen molar-refractivity contribution in [2.24, 2.45) is 10.4 Å². The summed E-state index contributed by atoms with van der Waals surface area (Å²) in [4.78, 5) is 21.4. The Bertz CT molecular complexity index is 709. The normalized spacial score (nSPS) is 19.0. The smallest absolute Gasteiger partial charge is 0.251 e. The number of carbonyl (C=O) groups is 1. The van der Waals surface area contributed by atoms with Crippen LogP contribution < -0.4 is 10.6 Å². The molecule has 2 N–H and O–H groups in total. The van der Waals surface area contributed by atoms with Gasteiger partial charge in [-0.15, -0.1) is 0 Å². The van der Waals surface area contributed by atoms with E-state index in [1.165, 1.54) is 38.5 Å². The molecule has 1 spiro atoms. The Morgan fingerprint density at radius 1 is 1.17 bits per heavy atom. The number of nitrogens with zero attached hydrogens (tertiary/aromatic N) is 3. The van der Waals surface area contributed by atoms with Crippen LogP contribution in [0.1, 0.15) is 54.4 Å². The first-order valence-corrected chi connectivity index (χ1v) is 11.0. The van der Waals surface area contributed by atoms with Crippen LogP contribution >= 0.6 is 0 Å². The molecule has 1 aliphatic carbocycles. The van der Waals surface area contributed by atoms with Crippen molar-refractivity contribution in [1.82, 2.24) is 20.4 Å². The number of rotatable bonds is 6. The van der Waals surface area contributed by atoms with Crippen molar-refractivity contribution < 1.29 is 4.79 Å². The Morgan fingerprint density at radius 2 is 1.97 bits per heavy atom. The average Bonchev–Trinajstić information content (AvgIpc) is 3.12. The predicted octanol–water partition coefficient (Wildman–Crippen LogP) is 2.71. The van der Waals surface area contributed by atoms with Crippen LogP contribution in [0.15, 0.2) is 29.3 Å². The largest absolute Gasteiger partial charge is 0.352 e. The van der Waals surface area contributed by atoms with E-state index in [0.717, 1.165) is 31.2 Å². The van der Waals surface area contributed by atoms with Crippen LogP contribution in [0, 0.1) is 5.41 Å². The minimum atomic E-state index is -0.0168. The fraction of sp³-hybridized carbons (Fsp3) is 0.652. The van der Waals surface area contributed by atoms with Gasteiger partial charge in [-0.05, 0) is 56.5 Å². The van der Waals surface area contributed by atoms with Crippen molar-refractivity contribution >= 4 is 11.9 Å². The quantitative estimate of drug-likeness (QED) is 0.570. The van der Waals surface area contributed by atoms with Crippen LogP contribution in [0.25, 0.3) is 0 Å². The molecule has 2 fully saturated rings. The molecule has 1 aliphatic heterocycles. The van der Waals surface area contributed by atoms with Crippen LogP contribution in [0.4, 0.5) is 0 Å². The molecule has 0 aromatic heterocycles. The fourth-order valence-corrected chi connectivity index (χ4v) is 4.66. The number of amides is 1. The average molecular weight is 400 g/mol. The van der Waals surface area contributed by atoms with Gasteiger partial charge >= 0.3 is 0 Å². The molecule has 160 valence electrons. The van der Waals surface area contributed by atoms with Gasteiger partial charge in [-0.25, -0.2) is 0 Å². The van der Waals surface area contributed by atoms with Gasteiger partial charge < -0.3 is 20.4 Å². The Hall–Kier alpha value is -2.08. The van der Waals surface area contributed by atoms with E-state index in [9.17, 15) is 4.79 Å². The molecule has 29 heavy (non-hydrogen) atoms. The summed E-state index contributed by atoms with van der Waals surface area (Å²) >= 11 is 0. The highest BCUT2D eigenvalue weighted by Gasteiger charge is 2.39. The lowest BCUT2D eigenvalue weighted by atomic mass is 9.73. The van der Waals surface area contributed by atoms with Crippen LogP contribution in [-0.2, 0) is 6.54 Å². The maximum Gasteiger partial charge on any atom is 0.251 e. The molecule has 2 aliphatic rings. The molecule has 0 radical (unpaired) electrons. The molecule has 0 atom stereocenters. The maximum absolute atomic E-state index is 12.4. The molecular formula is C23H37N5O. The third kappa shape index (κ3) is 5.95. The third-order valence-electron chi connectivity index (χ3n) is 6.35. The number of likely N-dealkylation sites (tertiary alicyclic amines) is 1. The molecule has 3 rings (SSSR count). The summed E-state index contributed by atoms with van der Waals surface area (Å²) < 4.78 is 0. The fourth-order valence-electron chi connectivity index (χ4n) is 4.66. The van der Waals surface area contributed by atoms with Gasteiger partial charge in [-0.2, -0.15) is 0 Å². The maximum atomic E-state index is 12.4. The van der Waals surface area contributed by atoms with Crippen molar-refractivity contribution in [2.45, 2.75) is 45.1 Å². The van der Waals surface area contributed by atoms with Crippen LogP contribution in [0.5, 0.6) is 0 Å². The molecule has 1 saturated carbocycles. The van der Waals surface area contributed by atoms with Crippen molar-refractivity contribution in [3.63, 3.8) is 0 Å². The molecule has 1 aromatic carbocycles. The van der Waals surface area contributed by atoms with Crippen LogP contribution in [-0.4, -0.2) is 69.0 Å². The summed E-state index contributed by atoms with van der Waals surface area (Å²) in [7, 11) is 5.87. The van der Waals surface area contributed by atoms with Crippen molar-refractivity contribution in [3.05, 3.63) is 35.4 Å². The van der Waals surface area contributed by atoms with Crippen LogP contribution in [0.2, 0.25) is 0 Å². The Balaban J connectivity index is 1.53.